The number of amides is 1. The van der Waals surface area contributed by atoms with Gasteiger partial charge in [-0.2, -0.15) is 0 Å². The molecular weight excluding hydrogens is 295 g/mol. The van der Waals surface area contributed by atoms with Crippen LogP contribution >= 0.6 is 11.6 Å². The van der Waals surface area contributed by atoms with E-state index >= 15 is 0 Å². The summed E-state index contributed by atoms with van der Waals surface area (Å²) in [6.45, 7) is 1.55. The summed E-state index contributed by atoms with van der Waals surface area (Å²) < 4.78 is 14.3. The molecule has 1 heterocycles. The van der Waals surface area contributed by atoms with Crippen molar-refractivity contribution >= 4 is 23.8 Å². The van der Waals surface area contributed by atoms with Gasteiger partial charge in [0.1, 0.15) is 5.82 Å². The standard InChI is InChI=1S/C15H12ClFN2O2/c1-8-13(16)3-2-11(15(8)17)12-4-10(5-14(18)21)19-6-9(12)7-20/h2-4,6-7H,5H2,1H3,(H2,18,21). The zero-order chi connectivity index (χ0) is 15.6. The highest BCUT2D eigenvalue weighted by Gasteiger charge is 2.15. The van der Waals surface area contributed by atoms with Crippen LogP contribution in [-0.4, -0.2) is 17.2 Å². The molecule has 0 saturated heterocycles. The number of benzene rings is 1. The van der Waals surface area contributed by atoms with E-state index in [1.54, 1.807) is 13.0 Å². The van der Waals surface area contributed by atoms with Crippen LogP contribution in [0, 0.1) is 12.7 Å². The van der Waals surface area contributed by atoms with Gasteiger partial charge in [-0.05, 0) is 30.7 Å². The molecule has 1 amide bonds. The fraction of sp³-hybridized carbons (Fsp3) is 0.133. The van der Waals surface area contributed by atoms with Gasteiger partial charge in [0.15, 0.2) is 6.29 Å². The Morgan fingerprint density at radius 1 is 1.43 bits per heavy atom. The van der Waals surface area contributed by atoms with Crippen LogP contribution in [0.4, 0.5) is 4.39 Å². The molecule has 2 rings (SSSR count). The van der Waals surface area contributed by atoms with E-state index in [9.17, 15) is 14.0 Å². The first-order valence-electron chi connectivity index (χ1n) is 6.11. The highest BCUT2D eigenvalue weighted by molar-refractivity contribution is 6.31. The average Bonchev–Trinajstić information content (AvgIpc) is 2.44. The molecule has 2 aromatic rings. The van der Waals surface area contributed by atoms with Gasteiger partial charge < -0.3 is 5.73 Å². The maximum absolute atomic E-state index is 14.3. The van der Waals surface area contributed by atoms with Crippen molar-refractivity contribution in [3.63, 3.8) is 0 Å². The third-order valence-corrected chi connectivity index (χ3v) is 3.49. The van der Waals surface area contributed by atoms with Crippen LogP contribution in [0.1, 0.15) is 21.6 Å². The van der Waals surface area contributed by atoms with Crippen LogP contribution in [0.2, 0.25) is 5.02 Å². The zero-order valence-electron chi connectivity index (χ0n) is 11.2. The van der Waals surface area contributed by atoms with Gasteiger partial charge in [0.25, 0.3) is 0 Å². The number of nitrogens with two attached hydrogens (primary N) is 1. The topological polar surface area (TPSA) is 73.1 Å². The second-order valence-electron chi connectivity index (χ2n) is 4.56. The van der Waals surface area contributed by atoms with Crippen molar-refractivity contribution in [1.82, 2.24) is 4.98 Å². The van der Waals surface area contributed by atoms with Crippen molar-refractivity contribution in [2.24, 2.45) is 5.73 Å². The smallest absolute Gasteiger partial charge is 0.223 e. The molecule has 2 N–H and O–H groups in total. The number of hydrogen-bond donors (Lipinski definition) is 1. The SMILES string of the molecule is Cc1c(Cl)ccc(-c2cc(CC(N)=O)ncc2C=O)c1F. The maximum atomic E-state index is 14.3. The molecule has 0 spiro atoms. The number of aromatic nitrogens is 1. The van der Waals surface area contributed by atoms with Crippen molar-refractivity contribution in [3.8, 4) is 11.1 Å². The largest absolute Gasteiger partial charge is 0.369 e. The molecular formula is C15H12ClFN2O2. The molecule has 108 valence electrons. The van der Waals surface area contributed by atoms with Crippen molar-refractivity contribution in [2.45, 2.75) is 13.3 Å². The first kappa shape index (κ1) is 15.1. The molecule has 1 aromatic heterocycles. The minimum Gasteiger partial charge on any atom is -0.369 e. The fourth-order valence-electron chi connectivity index (χ4n) is 1.98. The Hall–Kier alpha value is -2.27. The maximum Gasteiger partial charge on any atom is 0.223 e. The first-order valence-corrected chi connectivity index (χ1v) is 6.49. The van der Waals surface area contributed by atoms with Crippen LogP contribution in [0.5, 0.6) is 0 Å². The number of primary amides is 1. The molecule has 0 bridgehead atoms. The van der Waals surface area contributed by atoms with Crippen LogP contribution in [0.3, 0.4) is 0 Å². The third kappa shape index (κ3) is 3.08. The van der Waals surface area contributed by atoms with Gasteiger partial charge in [-0.25, -0.2) is 4.39 Å². The Morgan fingerprint density at radius 2 is 2.14 bits per heavy atom. The van der Waals surface area contributed by atoms with Gasteiger partial charge in [-0.1, -0.05) is 11.6 Å². The third-order valence-electron chi connectivity index (χ3n) is 3.08. The summed E-state index contributed by atoms with van der Waals surface area (Å²) in [6.07, 6.45) is 1.80. The number of aldehydes is 1. The number of hydrogen-bond acceptors (Lipinski definition) is 3. The Morgan fingerprint density at radius 3 is 2.76 bits per heavy atom. The molecule has 0 saturated carbocycles. The summed E-state index contributed by atoms with van der Waals surface area (Å²) in [5.41, 5.74) is 6.59. The lowest BCUT2D eigenvalue weighted by Gasteiger charge is -2.10. The summed E-state index contributed by atoms with van der Waals surface area (Å²) in [4.78, 5) is 26.0. The highest BCUT2D eigenvalue weighted by Crippen LogP contribution is 2.31. The zero-order valence-corrected chi connectivity index (χ0v) is 11.9. The quantitative estimate of drug-likeness (QED) is 0.883. The minimum absolute atomic E-state index is 0.0830. The summed E-state index contributed by atoms with van der Waals surface area (Å²) in [5.74, 6) is -1.07. The second-order valence-corrected chi connectivity index (χ2v) is 4.96. The van der Waals surface area contributed by atoms with Crippen LogP contribution < -0.4 is 5.73 Å². The normalized spacial score (nSPS) is 10.4. The molecule has 0 fully saturated rings. The van der Waals surface area contributed by atoms with Crippen molar-refractivity contribution < 1.29 is 14.0 Å². The number of carbonyl (C=O) groups is 2. The Bertz CT molecular complexity index is 732. The lowest BCUT2D eigenvalue weighted by atomic mass is 9.98. The predicted molar refractivity (Wildman–Crippen MR) is 77.7 cm³/mol. The van der Waals surface area contributed by atoms with Gasteiger partial charge in [-0.3, -0.25) is 14.6 Å². The fourth-order valence-corrected chi connectivity index (χ4v) is 2.13. The number of nitrogens with zero attached hydrogens (tertiary/aromatic N) is 1. The van der Waals surface area contributed by atoms with E-state index in [4.69, 9.17) is 17.3 Å². The van der Waals surface area contributed by atoms with Crippen molar-refractivity contribution in [2.75, 3.05) is 0 Å². The molecule has 0 atom stereocenters. The number of pyridine rings is 1. The van der Waals surface area contributed by atoms with Crippen molar-refractivity contribution in [3.05, 3.63) is 52.1 Å². The van der Waals surface area contributed by atoms with Crippen LogP contribution in [0.25, 0.3) is 11.1 Å². The number of halogens is 2. The van der Waals surface area contributed by atoms with E-state index in [0.717, 1.165) is 0 Å². The van der Waals surface area contributed by atoms with E-state index in [0.29, 0.717) is 28.1 Å². The van der Waals surface area contributed by atoms with E-state index in [1.165, 1.54) is 18.3 Å². The molecule has 0 aliphatic heterocycles. The molecule has 0 radical (unpaired) electrons. The first-order chi connectivity index (χ1) is 9.93. The highest BCUT2D eigenvalue weighted by atomic mass is 35.5. The van der Waals surface area contributed by atoms with Gasteiger partial charge in [-0.15, -0.1) is 0 Å². The molecule has 6 heteroatoms. The van der Waals surface area contributed by atoms with Gasteiger partial charge >= 0.3 is 0 Å². The lowest BCUT2D eigenvalue weighted by Crippen LogP contribution is -2.14. The Kier molecular flexibility index (Phi) is 4.33. The predicted octanol–water partition coefficient (Wildman–Crippen LogP) is 2.69. The minimum atomic E-state index is -0.555. The van der Waals surface area contributed by atoms with Crippen molar-refractivity contribution in [1.29, 1.82) is 0 Å². The molecule has 21 heavy (non-hydrogen) atoms. The van der Waals surface area contributed by atoms with E-state index in [2.05, 4.69) is 4.98 Å². The molecule has 0 unspecified atom stereocenters. The van der Waals surface area contributed by atoms with E-state index < -0.39 is 11.7 Å². The number of carbonyl (C=O) groups excluding carboxylic acids is 2. The molecule has 0 aliphatic rings. The summed E-state index contributed by atoms with van der Waals surface area (Å²) in [7, 11) is 0. The van der Waals surface area contributed by atoms with Crippen LogP contribution in [0.15, 0.2) is 24.4 Å². The molecule has 0 aliphatic carbocycles. The summed E-state index contributed by atoms with van der Waals surface area (Å²) in [6, 6.07) is 4.53. The van der Waals surface area contributed by atoms with Gasteiger partial charge in [0.05, 0.1) is 12.1 Å². The summed E-state index contributed by atoms with van der Waals surface area (Å²) in [5, 5.41) is 0.301. The Labute approximate surface area is 125 Å². The second kappa shape index (κ2) is 6.01. The van der Waals surface area contributed by atoms with Crippen LogP contribution in [-0.2, 0) is 11.2 Å². The summed E-state index contributed by atoms with van der Waals surface area (Å²) >= 11 is 5.86. The average molecular weight is 307 g/mol. The van der Waals surface area contributed by atoms with E-state index in [-0.39, 0.29) is 17.5 Å². The number of rotatable bonds is 4. The Balaban J connectivity index is 2.63. The van der Waals surface area contributed by atoms with Gasteiger partial charge in [0, 0.05) is 27.9 Å². The molecule has 1 aromatic carbocycles. The van der Waals surface area contributed by atoms with E-state index in [1.807, 2.05) is 0 Å². The molecule has 4 nitrogen and oxygen atoms in total. The lowest BCUT2D eigenvalue weighted by molar-refractivity contribution is -0.117. The monoisotopic (exact) mass is 306 g/mol. The van der Waals surface area contributed by atoms with Gasteiger partial charge in [0.2, 0.25) is 5.91 Å².